The van der Waals surface area contributed by atoms with Gasteiger partial charge in [-0.2, -0.15) is 0 Å². The molecule has 0 radical (unpaired) electrons. The summed E-state index contributed by atoms with van der Waals surface area (Å²) in [7, 11) is 3.61. The first kappa shape index (κ1) is 47.4. The number of cyclic esters (lactones) is 1. The maximum absolute atomic E-state index is 14.7. The molecule has 3 N–H and O–H groups in total. The number of nitrogens with one attached hydrogen (secondary N) is 2. The zero-order chi connectivity index (χ0) is 46.7. The number of fused-ring (bicyclic) bond motifs is 6. The van der Waals surface area contributed by atoms with Gasteiger partial charge in [0.15, 0.2) is 0 Å². The molecule has 3 amide bonds. The van der Waals surface area contributed by atoms with Gasteiger partial charge in [0.1, 0.15) is 17.8 Å². The standard InChI is InChI=1S/C51H67N7O7/c1-10-45(60)56-20-17-33(29-56)28-55(8)46(31(3)4)48(61)53-43-23-34-21-36(24-37(59)22-34)35-14-15-44-39(25-35)40(47(57(44)11-2)41-27-52-18-16-38(41)32(5)64-9)26-51(6,7)30-65-50(63)42-13-12-19-58(54-42)49(43)62/h10,14-16,18,21-22,24-25,27,31-33,42-43,46,54,59H,1,11-13,17,19-20,23,26,28-30H2,2-9H3,(H,53,61)/t32-,33+,42-,43?,46-/m0/s1. The van der Waals surface area contributed by atoms with Crippen LogP contribution in [0.3, 0.4) is 0 Å². The van der Waals surface area contributed by atoms with Crippen molar-refractivity contribution in [3.63, 3.8) is 0 Å². The number of carbonyl (C=O) groups is 4. The van der Waals surface area contributed by atoms with Crippen LogP contribution in [0.15, 0.2) is 67.5 Å². The molecule has 3 aliphatic heterocycles. The zero-order valence-corrected chi connectivity index (χ0v) is 39.4. The average molecular weight is 890 g/mol. The Kier molecular flexibility index (Phi) is 14.5. The number of carbonyl (C=O) groups excluding carboxylic acids is 4. The molecule has 2 aromatic carbocycles. The summed E-state index contributed by atoms with van der Waals surface area (Å²) < 4.78 is 14.3. The Bertz CT molecular complexity index is 2430. The minimum Gasteiger partial charge on any atom is -0.508 e. The predicted molar refractivity (Wildman–Crippen MR) is 251 cm³/mol. The van der Waals surface area contributed by atoms with Gasteiger partial charge in [-0.15, -0.1) is 0 Å². The van der Waals surface area contributed by atoms with Crippen LogP contribution in [0.5, 0.6) is 5.75 Å². The topological polar surface area (TPSA) is 159 Å². The van der Waals surface area contributed by atoms with Crippen molar-refractivity contribution in [3.8, 4) is 28.1 Å². The van der Waals surface area contributed by atoms with Crippen LogP contribution in [-0.2, 0) is 48.0 Å². The number of methoxy groups -OCH3 is 1. The van der Waals surface area contributed by atoms with E-state index in [2.05, 4.69) is 65.8 Å². The summed E-state index contributed by atoms with van der Waals surface area (Å²) in [6, 6.07) is 11.3. The highest BCUT2D eigenvalue weighted by molar-refractivity contribution is 5.96. The molecule has 5 heterocycles. The Labute approximate surface area is 383 Å². The largest absolute Gasteiger partial charge is 0.508 e. The first-order valence-corrected chi connectivity index (χ1v) is 23.1. The summed E-state index contributed by atoms with van der Waals surface area (Å²) in [5.74, 6) is -1.14. The minimum atomic E-state index is -1.04. The van der Waals surface area contributed by atoms with E-state index >= 15 is 0 Å². The Morgan fingerprint density at radius 2 is 1.89 bits per heavy atom. The first-order valence-electron chi connectivity index (χ1n) is 23.1. The summed E-state index contributed by atoms with van der Waals surface area (Å²) in [6.07, 6.45) is 7.31. The number of amides is 3. The van der Waals surface area contributed by atoms with Crippen LogP contribution in [-0.4, -0.2) is 118 Å². The third-order valence-corrected chi connectivity index (χ3v) is 13.4. The smallest absolute Gasteiger partial charge is 0.324 e. The van der Waals surface area contributed by atoms with Gasteiger partial charge < -0.3 is 29.4 Å². The number of hydrazine groups is 1. The molecular weight excluding hydrogens is 823 g/mol. The Hall–Kier alpha value is -5.57. The number of hydrogen-bond acceptors (Lipinski definition) is 10. The summed E-state index contributed by atoms with van der Waals surface area (Å²) in [4.78, 5) is 63.9. The third-order valence-electron chi connectivity index (χ3n) is 13.4. The fraction of sp³-hybridized carbons (Fsp3) is 0.510. The second-order valence-corrected chi connectivity index (χ2v) is 19.3. The molecule has 7 rings (SSSR count). The van der Waals surface area contributed by atoms with Crippen LogP contribution in [0, 0.1) is 17.3 Å². The van der Waals surface area contributed by atoms with Gasteiger partial charge in [0, 0.05) is 80.5 Å². The van der Waals surface area contributed by atoms with Crippen molar-refractivity contribution in [1.29, 1.82) is 0 Å². The number of pyridine rings is 1. The third kappa shape index (κ3) is 10.3. The summed E-state index contributed by atoms with van der Waals surface area (Å²) in [6.45, 7) is 18.9. The van der Waals surface area contributed by atoms with Crippen molar-refractivity contribution in [3.05, 3.63) is 84.2 Å². The van der Waals surface area contributed by atoms with Crippen molar-refractivity contribution in [2.24, 2.45) is 17.3 Å². The van der Waals surface area contributed by atoms with Crippen molar-refractivity contribution >= 4 is 34.6 Å². The van der Waals surface area contributed by atoms with E-state index in [1.807, 2.05) is 51.0 Å². The monoisotopic (exact) mass is 890 g/mol. The molecule has 5 atom stereocenters. The predicted octanol–water partition coefficient (Wildman–Crippen LogP) is 6.44. The highest BCUT2D eigenvalue weighted by Crippen LogP contribution is 2.42. The van der Waals surface area contributed by atoms with Gasteiger partial charge in [-0.25, -0.2) is 5.43 Å². The number of ether oxygens (including phenoxy) is 2. The van der Waals surface area contributed by atoms with E-state index in [1.165, 1.54) is 11.1 Å². The lowest BCUT2D eigenvalue weighted by atomic mass is 9.84. The molecule has 0 spiro atoms. The number of likely N-dealkylation sites (N-methyl/N-ethyl adjacent to an activating group) is 1. The fourth-order valence-electron chi connectivity index (χ4n) is 10.2. The van der Waals surface area contributed by atoms with Gasteiger partial charge in [0.25, 0.3) is 5.91 Å². The van der Waals surface area contributed by atoms with Crippen LogP contribution in [0.2, 0.25) is 0 Å². The lowest BCUT2D eigenvalue weighted by molar-refractivity contribution is -0.155. The molecule has 6 bridgehead atoms. The van der Waals surface area contributed by atoms with Gasteiger partial charge in [0.2, 0.25) is 11.8 Å². The molecular formula is C51H67N7O7. The second kappa shape index (κ2) is 19.9. The number of benzene rings is 2. The molecule has 2 aromatic heterocycles. The molecule has 348 valence electrons. The van der Waals surface area contributed by atoms with Gasteiger partial charge in [0.05, 0.1) is 24.4 Å². The summed E-state index contributed by atoms with van der Waals surface area (Å²) >= 11 is 0. The molecule has 0 aliphatic carbocycles. The minimum absolute atomic E-state index is 0.0329. The number of aromatic nitrogens is 2. The molecule has 1 unspecified atom stereocenters. The number of nitrogens with zero attached hydrogens (tertiary/aromatic N) is 5. The van der Waals surface area contributed by atoms with E-state index in [1.54, 1.807) is 30.3 Å². The number of esters is 1. The number of aryl methyl sites for hydroxylation is 1. The number of phenolic OH excluding ortho intramolecular Hbond substituents is 1. The molecule has 14 heteroatoms. The van der Waals surface area contributed by atoms with Crippen molar-refractivity contribution in [2.45, 2.75) is 104 Å². The fourth-order valence-corrected chi connectivity index (χ4v) is 10.2. The van der Waals surface area contributed by atoms with Crippen LogP contribution >= 0.6 is 0 Å². The number of hydrogen-bond donors (Lipinski definition) is 3. The maximum Gasteiger partial charge on any atom is 0.324 e. The molecule has 2 saturated heterocycles. The first-order chi connectivity index (χ1) is 31.0. The van der Waals surface area contributed by atoms with Crippen LogP contribution < -0.4 is 10.7 Å². The second-order valence-electron chi connectivity index (χ2n) is 19.3. The number of aromatic hydroxyl groups is 1. The van der Waals surface area contributed by atoms with E-state index in [4.69, 9.17) is 9.47 Å². The van der Waals surface area contributed by atoms with E-state index < -0.39 is 35.4 Å². The molecule has 2 fully saturated rings. The SMILES string of the molecule is C=CC(=O)N1CC[C@H](CN(C)[C@H](C(=O)NC2Cc3cc(O)cc(c3)-c3ccc4c(c3)c(c(-c3cnccc3[C@H](C)OC)n4CC)CC(C)(C)COC(=O)[C@@H]3CCCN(N3)C2=O)C(C)C)C1. The maximum atomic E-state index is 14.7. The van der Waals surface area contributed by atoms with E-state index in [0.717, 1.165) is 50.8 Å². The van der Waals surface area contributed by atoms with Crippen molar-refractivity contribution < 1.29 is 33.8 Å². The van der Waals surface area contributed by atoms with E-state index in [0.29, 0.717) is 57.5 Å². The molecule has 4 aromatic rings. The normalized spacial score (nSPS) is 21.3. The highest BCUT2D eigenvalue weighted by atomic mass is 16.5. The zero-order valence-electron chi connectivity index (χ0n) is 39.4. The van der Waals surface area contributed by atoms with Crippen molar-refractivity contribution in [1.82, 2.24) is 35.1 Å². The van der Waals surface area contributed by atoms with E-state index in [-0.39, 0.29) is 48.5 Å². The molecule has 14 nitrogen and oxygen atoms in total. The van der Waals surface area contributed by atoms with Crippen molar-refractivity contribution in [2.75, 3.05) is 46.9 Å². The molecule has 0 saturated carbocycles. The lowest BCUT2D eigenvalue weighted by Gasteiger charge is -2.37. The highest BCUT2D eigenvalue weighted by Gasteiger charge is 2.38. The van der Waals surface area contributed by atoms with E-state index in [9.17, 15) is 24.3 Å². The molecule has 65 heavy (non-hydrogen) atoms. The Balaban J connectivity index is 1.30. The van der Waals surface area contributed by atoms with Gasteiger partial charge in [-0.1, -0.05) is 46.4 Å². The Morgan fingerprint density at radius 1 is 1.11 bits per heavy atom. The summed E-state index contributed by atoms with van der Waals surface area (Å²) in [5, 5.41) is 16.9. The number of likely N-dealkylation sites (tertiary alicyclic amines) is 1. The summed E-state index contributed by atoms with van der Waals surface area (Å²) in [5.41, 5.74) is 10.0. The number of rotatable bonds is 11. The quantitative estimate of drug-likeness (QED) is 0.113. The van der Waals surface area contributed by atoms with Gasteiger partial charge >= 0.3 is 5.97 Å². The number of phenols is 1. The Morgan fingerprint density at radius 3 is 2.62 bits per heavy atom. The van der Waals surface area contributed by atoms with Gasteiger partial charge in [-0.05, 0) is 123 Å². The lowest BCUT2D eigenvalue weighted by Crippen LogP contribution is -2.62. The van der Waals surface area contributed by atoms with Crippen LogP contribution in [0.1, 0.15) is 83.6 Å². The van der Waals surface area contributed by atoms with Crippen LogP contribution in [0.25, 0.3) is 33.3 Å². The average Bonchev–Trinajstić information content (AvgIpc) is 3.88. The molecule has 3 aliphatic rings. The van der Waals surface area contributed by atoms with Crippen LogP contribution in [0.4, 0.5) is 0 Å². The van der Waals surface area contributed by atoms with Gasteiger partial charge in [-0.3, -0.25) is 34.1 Å².